The minimum atomic E-state index is -0.962. The number of ether oxygens (including phenoxy) is 1. The maximum atomic E-state index is 10.3. The molecule has 0 saturated carbocycles. The summed E-state index contributed by atoms with van der Waals surface area (Å²) >= 11 is 0. The summed E-state index contributed by atoms with van der Waals surface area (Å²) in [6, 6.07) is 14.4. The quantitative estimate of drug-likeness (QED) is 0.766. The first-order valence-corrected chi connectivity index (χ1v) is 9.37. The molecule has 0 aliphatic rings. The first-order valence-electron chi connectivity index (χ1n) is 9.37. The van der Waals surface area contributed by atoms with Gasteiger partial charge in [0.2, 0.25) is 0 Å². The number of hydrogen-bond acceptors (Lipinski definition) is 3. The molecular weight excluding hydrogens is 335 g/mol. The van der Waals surface area contributed by atoms with Crippen molar-refractivity contribution < 1.29 is 14.5 Å². The van der Waals surface area contributed by atoms with Gasteiger partial charge in [-0.3, -0.25) is 0 Å². The van der Waals surface area contributed by atoms with E-state index in [9.17, 15) is 5.11 Å². The maximum Gasteiger partial charge on any atom is 0.330 e. The topological polar surface area (TPSA) is 38.7 Å². The number of benzene rings is 2. The summed E-state index contributed by atoms with van der Waals surface area (Å²) in [6.07, 6.45) is 0. The van der Waals surface area contributed by atoms with Crippen LogP contribution >= 0.6 is 0 Å². The number of hydrogen-bond donors (Lipinski definition) is 1. The molecule has 0 atom stereocenters. The van der Waals surface area contributed by atoms with E-state index in [1.54, 1.807) is 28.4 Å². The molecule has 0 heterocycles. The molecule has 1 radical (unpaired) electrons. The van der Waals surface area contributed by atoms with Crippen molar-refractivity contribution in [1.29, 1.82) is 0 Å². The Morgan fingerprint density at radius 1 is 0.889 bits per heavy atom. The van der Waals surface area contributed by atoms with Gasteiger partial charge in [-0.2, -0.15) is 0 Å². The Morgan fingerprint density at radius 3 is 2.07 bits per heavy atom. The van der Waals surface area contributed by atoms with Gasteiger partial charge in [-0.1, -0.05) is 62.6 Å². The van der Waals surface area contributed by atoms with Gasteiger partial charge in [-0.05, 0) is 50.3 Å². The molecule has 0 saturated heterocycles. The largest absolute Gasteiger partial charge is 0.496 e. The van der Waals surface area contributed by atoms with Crippen molar-refractivity contribution in [1.82, 2.24) is 0 Å². The van der Waals surface area contributed by atoms with Crippen LogP contribution in [0.3, 0.4) is 0 Å². The summed E-state index contributed by atoms with van der Waals surface area (Å²) in [5.74, 6) is 0.840. The van der Waals surface area contributed by atoms with Crippen molar-refractivity contribution in [2.45, 2.75) is 65.1 Å². The molecule has 2 aromatic carbocycles. The van der Waals surface area contributed by atoms with Gasteiger partial charge in [-0.25, -0.2) is 0 Å². The molecular formula is C23H32BO3. The molecule has 27 heavy (non-hydrogen) atoms. The lowest BCUT2D eigenvalue weighted by molar-refractivity contribution is -0.0893. The van der Waals surface area contributed by atoms with Gasteiger partial charge in [0.1, 0.15) is 5.75 Å². The van der Waals surface area contributed by atoms with Crippen LogP contribution < -0.4 is 10.2 Å². The van der Waals surface area contributed by atoms with Crippen LogP contribution in [0.2, 0.25) is 0 Å². The van der Waals surface area contributed by atoms with Crippen molar-refractivity contribution in [3.8, 4) is 16.9 Å². The monoisotopic (exact) mass is 367 g/mol. The minimum Gasteiger partial charge on any atom is -0.496 e. The molecule has 0 amide bonds. The van der Waals surface area contributed by atoms with Gasteiger partial charge in [0, 0.05) is 5.56 Å². The zero-order valence-corrected chi connectivity index (χ0v) is 17.9. The first kappa shape index (κ1) is 21.5. The molecule has 0 aliphatic carbocycles. The van der Waals surface area contributed by atoms with Crippen molar-refractivity contribution >= 4 is 12.9 Å². The van der Waals surface area contributed by atoms with E-state index >= 15 is 0 Å². The van der Waals surface area contributed by atoms with E-state index in [1.165, 1.54) is 5.56 Å². The van der Waals surface area contributed by atoms with Crippen LogP contribution in [0.25, 0.3) is 11.1 Å². The Morgan fingerprint density at radius 2 is 1.52 bits per heavy atom. The van der Waals surface area contributed by atoms with Crippen LogP contribution in [-0.2, 0) is 10.1 Å². The predicted molar refractivity (Wildman–Crippen MR) is 114 cm³/mol. The van der Waals surface area contributed by atoms with Gasteiger partial charge in [0.05, 0.1) is 18.3 Å². The molecule has 1 N–H and O–H groups in total. The second-order valence-electron chi connectivity index (χ2n) is 9.10. The van der Waals surface area contributed by atoms with Crippen molar-refractivity contribution in [2.24, 2.45) is 0 Å². The van der Waals surface area contributed by atoms with E-state index < -0.39 is 11.2 Å². The van der Waals surface area contributed by atoms with Gasteiger partial charge in [0.25, 0.3) is 0 Å². The molecule has 4 heteroatoms. The van der Waals surface area contributed by atoms with Crippen molar-refractivity contribution in [3.05, 3.63) is 48.0 Å². The average Bonchev–Trinajstić information content (AvgIpc) is 2.58. The fourth-order valence-corrected chi connectivity index (χ4v) is 2.55. The Balaban J connectivity index is 2.47. The molecule has 0 unspecified atom stereocenters. The van der Waals surface area contributed by atoms with Crippen molar-refractivity contribution in [2.75, 3.05) is 7.11 Å². The highest BCUT2D eigenvalue weighted by atomic mass is 16.5. The van der Waals surface area contributed by atoms with Crippen molar-refractivity contribution in [3.63, 3.8) is 0 Å². The molecule has 145 valence electrons. The van der Waals surface area contributed by atoms with Crippen LogP contribution in [0.5, 0.6) is 5.75 Å². The molecule has 0 bridgehead atoms. The highest BCUT2D eigenvalue weighted by Crippen LogP contribution is 2.32. The summed E-state index contributed by atoms with van der Waals surface area (Å²) in [5, 5.41) is 10.3. The lowest BCUT2D eigenvalue weighted by atomic mass is 9.77. The van der Waals surface area contributed by atoms with E-state index in [1.807, 2.05) is 32.0 Å². The molecule has 3 nitrogen and oxygen atoms in total. The first-order chi connectivity index (χ1) is 12.3. The smallest absolute Gasteiger partial charge is 0.330 e. The fraction of sp³-hybridized carbons (Fsp3) is 0.478. The fourth-order valence-electron chi connectivity index (χ4n) is 2.55. The third kappa shape index (κ3) is 5.15. The maximum absolute atomic E-state index is 10.3. The third-order valence-electron chi connectivity index (χ3n) is 5.20. The molecule has 0 spiro atoms. The van der Waals surface area contributed by atoms with Crippen LogP contribution in [0.1, 0.15) is 54.0 Å². The Bertz CT molecular complexity index is 783. The Hall–Kier alpha value is -1.78. The Labute approximate surface area is 165 Å². The van der Waals surface area contributed by atoms with E-state index in [0.29, 0.717) is 0 Å². The number of aliphatic hydroxyl groups is 1. The predicted octanol–water partition coefficient (Wildman–Crippen LogP) is 4.47. The standard InChI is InChI=1S/C23H32BO3/c1-21(2,3)17-13-16(19-11-9-10-12-20(19)26-8)14-18(15-17)24-27-23(6,7)22(4,5)25/h9-15,25H,1-8H3. The second kappa shape index (κ2) is 7.69. The summed E-state index contributed by atoms with van der Waals surface area (Å²) in [6.45, 7) is 13.9. The van der Waals surface area contributed by atoms with E-state index in [2.05, 4.69) is 45.0 Å². The SMILES string of the molecule is COc1ccccc1-c1cc([B]OC(C)(C)C(C)(C)O)cc(C(C)(C)C)c1. The Kier molecular flexibility index (Phi) is 6.13. The normalized spacial score (nSPS) is 12.8. The van der Waals surface area contributed by atoms with Crippen LogP contribution in [0.15, 0.2) is 42.5 Å². The molecule has 2 aromatic rings. The summed E-state index contributed by atoms with van der Waals surface area (Å²) in [5.41, 5.74) is 2.61. The number of methoxy groups -OCH3 is 1. The minimum absolute atomic E-state index is 0.00756. The second-order valence-corrected chi connectivity index (χ2v) is 9.10. The zero-order chi connectivity index (χ0) is 20.5. The summed E-state index contributed by atoms with van der Waals surface area (Å²) in [4.78, 5) is 0. The molecule has 0 fully saturated rings. The lowest BCUT2D eigenvalue weighted by Gasteiger charge is -2.37. The number of para-hydroxylation sites is 1. The van der Waals surface area contributed by atoms with E-state index in [0.717, 1.165) is 22.3 Å². The van der Waals surface area contributed by atoms with Crippen LogP contribution in [0, 0.1) is 0 Å². The van der Waals surface area contributed by atoms with E-state index in [4.69, 9.17) is 9.39 Å². The third-order valence-corrected chi connectivity index (χ3v) is 5.20. The van der Waals surface area contributed by atoms with Gasteiger partial charge < -0.3 is 14.5 Å². The van der Waals surface area contributed by atoms with Crippen LogP contribution in [0.4, 0.5) is 0 Å². The van der Waals surface area contributed by atoms with Gasteiger partial charge in [0.15, 0.2) is 0 Å². The highest BCUT2D eigenvalue weighted by molar-refractivity contribution is 6.47. The highest BCUT2D eigenvalue weighted by Gasteiger charge is 2.35. The lowest BCUT2D eigenvalue weighted by Crippen LogP contribution is -2.49. The molecule has 0 aliphatic heterocycles. The summed E-state index contributed by atoms with van der Waals surface area (Å²) < 4.78 is 11.5. The molecule has 2 rings (SSSR count). The van der Waals surface area contributed by atoms with Crippen LogP contribution in [-0.4, -0.2) is 30.9 Å². The number of rotatable bonds is 6. The van der Waals surface area contributed by atoms with E-state index in [-0.39, 0.29) is 5.41 Å². The molecule has 0 aromatic heterocycles. The van der Waals surface area contributed by atoms with Gasteiger partial charge in [-0.15, -0.1) is 0 Å². The zero-order valence-electron chi connectivity index (χ0n) is 17.9. The van der Waals surface area contributed by atoms with Gasteiger partial charge >= 0.3 is 7.48 Å². The average molecular weight is 367 g/mol. The summed E-state index contributed by atoms with van der Waals surface area (Å²) in [7, 11) is 3.43.